The zero-order valence-electron chi connectivity index (χ0n) is 9.17. The van der Waals surface area contributed by atoms with E-state index in [0.29, 0.717) is 18.6 Å². The number of benzene rings is 1. The Hall–Kier alpha value is -2.29. The van der Waals surface area contributed by atoms with E-state index >= 15 is 0 Å². The van der Waals surface area contributed by atoms with Crippen LogP contribution in [0.25, 0.3) is 0 Å². The standard InChI is InChI=1S/C11H10N2O4/c1-16-9-3-2-8-7(6-12)4-5-17-11(8)10(9)13(14)15/h2-3,7H,4-5H2,1H3. The highest BCUT2D eigenvalue weighted by Gasteiger charge is 2.31. The molecule has 1 aromatic rings. The van der Waals surface area contributed by atoms with Crippen LogP contribution < -0.4 is 9.47 Å². The predicted molar refractivity (Wildman–Crippen MR) is 58.1 cm³/mol. The summed E-state index contributed by atoms with van der Waals surface area (Å²) in [5.41, 5.74) is 0.358. The molecule has 1 atom stereocenters. The minimum Gasteiger partial charge on any atom is -0.490 e. The Labute approximate surface area is 97.5 Å². The summed E-state index contributed by atoms with van der Waals surface area (Å²) < 4.78 is 10.3. The van der Waals surface area contributed by atoms with Crippen LogP contribution in [0.4, 0.5) is 5.69 Å². The number of rotatable bonds is 2. The number of fused-ring (bicyclic) bond motifs is 1. The fraction of sp³-hybridized carbons (Fsp3) is 0.364. The Bertz CT molecular complexity index is 507. The van der Waals surface area contributed by atoms with E-state index in [0.717, 1.165) is 0 Å². The van der Waals surface area contributed by atoms with Gasteiger partial charge in [0.05, 0.1) is 30.6 Å². The molecule has 0 amide bonds. The molecule has 0 spiro atoms. The highest BCUT2D eigenvalue weighted by atomic mass is 16.6. The first-order valence-electron chi connectivity index (χ1n) is 5.06. The van der Waals surface area contributed by atoms with Gasteiger partial charge in [-0.3, -0.25) is 10.1 Å². The number of nitro benzene ring substituents is 1. The van der Waals surface area contributed by atoms with Crippen molar-refractivity contribution in [3.8, 4) is 17.6 Å². The maximum absolute atomic E-state index is 11.0. The number of nitro groups is 1. The van der Waals surface area contributed by atoms with E-state index in [1.165, 1.54) is 13.2 Å². The summed E-state index contributed by atoms with van der Waals surface area (Å²) in [7, 11) is 1.36. The second-order valence-electron chi connectivity index (χ2n) is 3.61. The maximum Gasteiger partial charge on any atom is 0.352 e. The molecule has 1 unspecified atom stereocenters. The molecule has 0 N–H and O–H groups in total. The summed E-state index contributed by atoms with van der Waals surface area (Å²) in [5, 5.41) is 20.0. The number of hydrogen-bond acceptors (Lipinski definition) is 5. The number of methoxy groups -OCH3 is 1. The average Bonchev–Trinajstić information content (AvgIpc) is 2.36. The highest BCUT2D eigenvalue weighted by Crippen LogP contribution is 2.45. The van der Waals surface area contributed by atoms with Gasteiger partial charge < -0.3 is 9.47 Å². The zero-order chi connectivity index (χ0) is 12.4. The van der Waals surface area contributed by atoms with E-state index in [-0.39, 0.29) is 23.1 Å². The topological polar surface area (TPSA) is 85.4 Å². The molecule has 0 aliphatic carbocycles. The molecule has 17 heavy (non-hydrogen) atoms. The molecular formula is C11H10N2O4. The highest BCUT2D eigenvalue weighted by molar-refractivity contribution is 5.63. The van der Waals surface area contributed by atoms with Gasteiger partial charge in [-0.25, -0.2) is 0 Å². The summed E-state index contributed by atoms with van der Waals surface area (Å²) in [6, 6.07) is 5.26. The first-order valence-corrected chi connectivity index (χ1v) is 5.06. The third-order valence-electron chi connectivity index (χ3n) is 2.71. The van der Waals surface area contributed by atoms with E-state index in [1.54, 1.807) is 6.07 Å². The van der Waals surface area contributed by atoms with E-state index in [9.17, 15) is 10.1 Å². The Morgan fingerprint density at radius 3 is 3.00 bits per heavy atom. The summed E-state index contributed by atoms with van der Waals surface area (Å²) in [4.78, 5) is 10.5. The monoisotopic (exact) mass is 234 g/mol. The molecule has 1 aliphatic rings. The summed E-state index contributed by atoms with van der Waals surface area (Å²) >= 11 is 0. The SMILES string of the molecule is COc1ccc2c(c1[N+](=O)[O-])OCCC2C#N. The maximum atomic E-state index is 11.0. The van der Waals surface area contributed by atoms with Gasteiger partial charge in [0.1, 0.15) is 0 Å². The molecule has 0 saturated heterocycles. The normalized spacial score (nSPS) is 17.5. The van der Waals surface area contributed by atoms with Crippen LogP contribution in [-0.2, 0) is 0 Å². The van der Waals surface area contributed by atoms with Crippen LogP contribution in [0.1, 0.15) is 17.9 Å². The molecule has 2 rings (SSSR count). The van der Waals surface area contributed by atoms with Crippen molar-refractivity contribution in [2.24, 2.45) is 0 Å². The zero-order valence-corrected chi connectivity index (χ0v) is 9.17. The predicted octanol–water partition coefficient (Wildman–Crippen LogP) is 1.99. The van der Waals surface area contributed by atoms with Gasteiger partial charge in [-0.15, -0.1) is 0 Å². The molecule has 6 heteroatoms. The molecule has 88 valence electrons. The van der Waals surface area contributed by atoms with Crippen LogP contribution in [0.15, 0.2) is 12.1 Å². The van der Waals surface area contributed by atoms with Crippen LogP contribution in [0.5, 0.6) is 11.5 Å². The Morgan fingerprint density at radius 2 is 2.41 bits per heavy atom. The van der Waals surface area contributed by atoms with Crippen molar-refractivity contribution in [1.82, 2.24) is 0 Å². The largest absolute Gasteiger partial charge is 0.490 e. The van der Waals surface area contributed by atoms with Crippen molar-refractivity contribution in [3.63, 3.8) is 0 Å². The number of nitrogens with zero attached hydrogens (tertiary/aromatic N) is 2. The molecular weight excluding hydrogens is 224 g/mol. The van der Waals surface area contributed by atoms with Crippen molar-refractivity contribution < 1.29 is 14.4 Å². The van der Waals surface area contributed by atoms with Crippen molar-refractivity contribution >= 4 is 5.69 Å². The lowest BCUT2D eigenvalue weighted by Crippen LogP contribution is -2.14. The van der Waals surface area contributed by atoms with Crippen molar-refractivity contribution in [3.05, 3.63) is 27.8 Å². The van der Waals surface area contributed by atoms with Crippen LogP contribution in [-0.4, -0.2) is 18.6 Å². The van der Waals surface area contributed by atoms with E-state index in [4.69, 9.17) is 14.7 Å². The molecule has 1 aliphatic heterocycles. The average molecular weight is 234 g/mol. The number of hydrogen-bond donors (Lipinski definition) is 0. The van der Waals surface area contributed by atoms with E-state index in [2.05, 4.69) is 6.07 Å². The lowest BCUT2D eigenvalue weighted by atomic mass is 9.93. The Balaban J connectivity index is 2.64. The lowest BCUT2D eigenvalue weighted by Gasteiger charge is -2.21. The van der Waals surface area contributed by atoms with Crippen LogP contribution in [0.3, 0.4) is 0 Å². The van der Waals surface area contributed by atoms with Gasteiger partial charge in [-0.1, -0.05) is 0 Å². The minimum absolute atomic E-state index is 0.146. The van der Waals surface area contributed by atoms with Gasteiger partial charge in [-0.2, -0.15) is 5.26 Å². The van der Waals surface area contributed by atoms with Crippen LogP contribution in [0.2, 0.25) is 0 Å². The molecule has 1 aromatic carbocycles. The number of ether oxygens (including phenoxy) is 2. The molecule has 0 radical (unpaired) electrons. The first kappa shape index (κ1) is 11.2. The second-order valence-corrected chi connectivity index (χ2v) is 3.61. The Kier molecular flexibility index (Phi) is 2.83. The van der Waals surface area contributed by atoms with Crippen molar-refractivity contribution in [2.75, 3.05) is 13.7 Å². The lowest BCUT2D eigenvalue weighted by molar-refractivity contribution is -0.386. The van der Waals surface area contributed by atoms with Gasteiger partial charge >= 0.3 is 5.69 Å². The summed E-state index contributed by atoms with van der Waals surface area (Å²) in [5.74, 6) is -0.0529. The quantitative estimate of drug-likeness (QED) is 0.577. The van der Waals surface area contributed by atoms with Gasteiger partial charge in [0.25, 0.3) is 0 Å². The Morgan fingerprint density at radius 1 is 1.65 bits per heavy atom. The molecule has 0 fully saturated rings. The van der Waals surface area contributed by atoms with Crippen LogP contribution >= 0.6 is 0 Å². The molecule has 0 bridgehead atoms. The van der Waals surface area contributed by atoms with Gasteiger partial charge in [-0.05, 0) is 12.1 Å². The minimum atomic E-state index is -0.544. The van der Waals surface area contributed by atoms with Crippen molar-refractivity contribution in [1.29, 1.82) is 5.26 Å². The van der Waals surface area contributed by atoms with Gasteiger partial charge in [0.15, 0.2) is 0 Å². The van der Waals surface area contributed by atoms with Gasteiger partial charge in [0, 0.05) is 12.0 Å². The van der Waals surface area contributed by atoms with E-state index in [1.807, 2.05) is 0 Å². The molecule has 1 heterocycles. The second kappa shape index (κ2) is 4.29. The third kappa shape index (κ3) is 1.76. The van der Waals surface area contributed by atoms with Crippen LogP contribution in [0, 0.1) is 21.4 Å². The van der Waals surface area contributed by atoms with Gasteiger partial charge in [0.2, 0.25) is 11.5 Å². The fourth-order valence-corrected chi connectivity index (χ4v) is 1.90. The fourth-order valence-electron chi connectivity index (χ4n) is 1.90. The molecule has 6 nitrogen and oxygen atoms in total. The summed E-state index contributed by atoms with van der Waals surface area (Å²) in [6.45, 7) is 0.305. The van der Waals surface area contributed by atoms with E-state index < -0.39 is 4.92 Å². The summed E-state index contributed by atoms with van der Waals surface area (Å²) in [6.07, 6.45) is 0.549. The van der Waals surface area contributed by atoms with Crippen molar-refractivity contribution in [2.45, 2.75) is 12.3 Å². The number of nitriles is 1. The molecule has 0 saturated carbocycles. The molecule has 0 aromatic heterocycles. The first-order chi connectivity index (χ1) is 8.19. The third-order valence-corrected chi connectivity index (χ3v) is 2.71. The smallest absolute Gasteiger partial charge is 0.352 e.